The number of ether oxygens (including phenoxy) is 1. The fraction of sp³-hybridized carbons (Fsp3) is 0.417. The van der Waals surface area contributed by atoms with E-state index < -0.39 is 0 Å². The van der Waals surface area contributed by atoms with Crippen LogP contribution in [-0.2, 0) is 16.0 Å². The molecule has 0 fully saturated rings. The Kier molecular flexibility index (Phi) is 3.37. The predicted molar refractivity (Wildman–Crippen MR) is 63.4 cm³/mol. The molecule has 5 heteroatoms. The lowest BCUT2D eigenvalue weighted by atomic mass is 10.1. The summed E-state index contributed by atoms with van der Waals surface area (Å²) in [4.78, 5) is 11.3. The number of nitrogens with zero attached hydrogens (tertiary/aromatic N) is 2. The molecule has 1 heterocycles. The van der Waals surface area contributed by atoms with Crippen LogP contribution in [0, 0.1) is 5.92 Å². The van der Waals surface area contributed by atoms with Crippen molar-refractivity contribution in [1.29, 1.82) is 0 Å². The molecule has 17 heavy (non-hydrogen) atoms. The lowest BCUT2D eigenvalue weighted by Gasteiger charge is -2.06. The molecule has 0 saturated heterocycles. The topological polar surface area (TPSA) is 67.9 Å². The molecule has 90 valence electrons. The molecule has 1 aromatic heterocycles. The highest BCUT2D eigenvalue weighted by molar-refractivity contribution is 5.74. The van der Waals surface area contributed by atoms with Gasteiger partial charge in [0.25, 0.3) is 0 Å². The van der Waals surface area contributed by atoms with Gasteiger partial charge in [-0.15, -0.1) is 5.10 Å². The Morgan fingerprint density at radius 1 is 1.47 bits per heavy atom. The summed E-state index contributed by atoms with van der Waals surface area (Å²) in [6.45, 7) is 4.05. The number of H-pyrrole nitrogens is 1. The maximum absolute atomic E-state index is 11.3. The van der Waals surface area contributed by atoms with Crippen LogP contribution in [0.3, 0.4) is 0 Å². The summed E-state index contributed by atoms with van der Waals surface area (Å²) in [5, 5.41) is 10.4. The fourth-order valence-electron chi connectivity index (χ4n) is 1.48. The van der Waals surface area contributed by atoms with Crippen molar-refractivity contribution in [2.45, 2.75) is 20.3 Å². The van der Waals surface area contributed by atoms with Crippen molar-refractivity contribution in [3.05, 3.63) is 23.8 Å². The number of hydrogen-bond acceptors (Lipinski definition) is 4. The van der Waals surface area contributed by atoms with E-state index in [2.05, 4.69) is 15.4 Å². The second-order valence-corrected chi connectivity index (χ2v) is 4.24. The predicted octanol–water partition coefficient (Wildman–Crippen LogP) is 1.70. The molecule has 0 atom stereocenters. The van der Waals surface area contributed by atoms with Crippen molar-refractivity contribution in [3.63, 3.8) is 0 Å². The van der Waals surface area contributed by atoms with Crippen LogP contribution in [0.2, 0.25) is 0 Å². The molecule has 0 spiro atoms. The van der Waals surface area contributed by atoms with Crippen molar-refractivity contribution < 1.29 is 9.53 Å². The summed E-state index contributed by atoms with van der Waals surface area (Å²) in [5.41, 5.74) is 2.83. The Hall–Kier alpha value is -1.91. The fourth-order valence-corrected chi connectivity index (χ4v) is 1.48. The van der Waals surface area contributed by atoms with E-state index in [1.165, 1.54) is 0 Å². The molecule has 0 aliphatic heterocycles. The third kappa shape index (κ3) is 2.81. The van der Waals surface area contributed by atoms with E-state index in [9.17, 15) is 4.79 Å². The van der Waals surface area contributed by atoms with Crippen LogP contribution in [-0.4, -0.2) is 28.0 Å². The molecule has 1 N–H and O–H groups in total. The lowest BCUT2D eigenvalue weighted by molar-refractivity contribution is -0.147. The van der Waals surface area contributed by atoms with Gasteiger partial charge in [-0.25, -0.2) is 0 Å². The highest BCUT2D eigenvalue weighted by atomic mass is 16.5. The molecule has 0 saturated carbocycles. The number of esters is 1. The average molecular weight is 233 g/mol. The Balaban J connectivity index is 1.92. The maximum atomic E-state index is 11.3. The number of rotatable bonds is 4. The first-order chi connectivity index (χ1) is 8.16. The summed E-state index contributed by atoms with van der Waals surface area (Å²) in [7, 11) is 0. The molecular formula is C12H15N3O2. The van der Waals surface area contributed by atoms with Crippen LogP contribution in [0.15, 0.2) is 18.2 Å². The summed E-state index contributed by atoms with van der Waals surface area (Å²) in [6, 6.07) is 5.85. The van der Waals surface area contributed by atoms with Gasteiger partial charge in [0.05, 0.1) is 18.0 Å². The molecule has 0 bridgehead atoms. The second-order valence-electron chi connectivity index (χ2n) is 4.24. The van der Waals surface area contributed by atoms with Crippen molar-refractivity contribution >= 4 is 17.0 Å². The van der Waals surface area contributed by atoms with Crippen molar-refractivity contribution in [1.82, 2.24) is 15.4 Å². The van der Waals surface area contributed by atoms with Crippen LogP contribution in [0.25, 0.3) is 11.0 Å². The largest absolute Gasteiger partial charge is 0.465 e. The Bertz CT molecular complexity index is 519. The van der Waals surface area contributed by atoms with Gasteiger partial charge in [0.2, 0.25) is 0 Å². The molecule has 0 aliphatic rings. The summed E-state index contributed by atoms with van der Waals surface area (Å²) >= 11 is 0. The van der Waals surface area contributed by atoms with Gasteiger partial charge in [0.15, 0.2) is 0 Å². The molecule has 5 nitrogen and oxygen atoms in total. The minimum atomic E-state index is -0.160. The van der Waals surface area contributed by atoms with Gasteiger partial charge in [-0.2, -0.15) is 0 Å². The van der Waals surface area contributed by atoms with E-state index in [-0.39, 0.29) is 11.9 Å². The van der Waals surface area contributed by atoms with Gasteiger partial charge >= 0.3 is 5.97 Å². The number of hydrogen-bond donors (Lipinski definition) is 1. The van der Waals surface area contributed by atoms with E-state index in [0.29, 0.717) is 13.0 Å². The lowest BCUT2D eigenvalue weighted by Crippen LogP contribution is -2.13. The van der Waals surface area contributed by atoms with E-state index in [1.54, 1.807) is 0 Å². The van der Waals surface area contributed by atoms with E-state index in [1.807, 2.05) is 32.0 Å². The van der Waals surface area contributed by atoms with Crippen molar-refractivity contribution in [2.75, 3.05) is 6.61 Å². The number of carbonyl (C=O) groups excluding carboxylic acids is 1. The maximum Gasteiger partial charge on any atom is 0.308 e. The second kappa shape index (κ2) is 4.95. The van der Waals surface area contributed by atoms with Crippen molar-refractivity contribution in [3.8, 4) is 0 Å². The van der Waals surface area contributed by atoms with Crippen LogP contribution in [0.1, 0.15) is 19.4 Å². The average Bonchev–Trinajstić information content (AvgIpc) is 2.75. The molecular weight excluding hydrogens is 218 g/mol. The molecule has 1 aromatic carbocycles. The first-order valence-electron chi connectivity index (χ1n) is 5.63. The molecule has 2 rings (SSSR count). The van der Waals surface area contributed by atoms with E-state index in [4.69, 9.17) is 4.74 Å². The number of aromatic amines is 1. The number of aromatic nitrogens is 3. The molecule has 2 aromatic rings. The number of nitrogens with one attached hydrogen (secondary N) is 1. The van der Waals surface area contributed by atoms with Gasteiger partial charge in [-0.05, 0) is 17.7 Å². The van der Waals surface area contributed by atoms with E-state index >= 15 is 0 Å². The molecule has 0 radical (unpaired) electrons. The first-order valence-corrected chi connectivity index (χ1v) is 5.63. The van der Waals surface area contributed by atoms with E-state index in [0.717, 1.165) is 16.6 Å². The first kappa shape index (κ1) is 11.6. The minimum Gasteiger partial charge on any atom is -0.465 e. The number of fused-ring (bicyclic) bond motifs is 1. The summed E-state index contributed by atoms with van der Waals surface area (Å²) in [5.74, 6) is -0.236. The van der Waals surface area contributed by atoms with Gasteiger partial charge in [-0.1, -0.05) is 25.1 Å². The highest BCUT2D eigenvalue weighted by Gasteiger charge is 2.07. The van der Waals surface area contributed by atoms with Crippen LogP contribution >= 0.6 is 0 Å². The third-order valence-electron chi connectivity index (χ3n) is 2.50. The number of benzene rings is 1. The minimum absolute atomic E-state index is 0.0759. The number of carbonyl (C=O) groups is 1. The molecule has 0 unspecified atom stereocenters. The van der Waals surface area contributed by atoms with Crippen molar-refractivity contribution in [2.24, 2.45) is 5.92 Å². The van der Waals surface area contributed by atoms with Crippen LogP contribution in [0.5, 0.6) is 0 Å². The Morgan fingerprint density at radius 2 is 2.29 bits per heavy atom. The molecule has 0 amide bonds. The van der Waals surface area contributed by atoms with Gasteiger partial charge in [-0.3, -0.25) is 9.89 Å². The Labute approximate surface area is 99.2 Å². The molecule has 0 aliphatic carbocycles. The quantitative estimate of drug-likeness (QED) is 0.816. The van der Waals surface area contributed by atoms with Gasteiger partial charge < -0.3 is 4.74 Å². The summed E-state index contributed by atoms with van der Waals surface area (Å²) in [6.07, 6.45) is 0.696. The summed E-state index contributed by atoms with van der Waals surface area (Å²) < 4.78 is 5.12. The zero-order valence-electron chi connectivity index (χ0n) is 9.93. The standard InChI is InChI=1S/C12H15N3O2/c1-8(2)12(16)17-6-5-9-3-4-10-11(7-9)14-15-13-10/h3-4,7-8H,5-6H2,1-2H3,(H,13,14,15). The SMILES string of the molecule is CC(C)C(=O)OCCc1ccc2[nH]nnc2c1. The zero-order valence-corrected chi connectivity index (χ0v) is 9.93. The Morgan fingerprint density at radius 3 is 3.06 bits per heavy atom. The zero-order chi connectivity index (χ0) is 12.3. The van der Waals surface area contributed by atoms with Crippen LogP contribution < -0.4 is 0 Å². The highest BCUT2D eigenvalue weighted by Crippen LogP contribution is 2.11. The smallest absolute Gasteiger partial charge is 0.308 e. The monoisotopic (exact) mass is 233 g/mol. The normalized spacial score (nSPS) is 11.0. The third-order valence-corrected chi connectivity index (χ3v) is 2.50. The van der Waals surface area contributed by atoms with Gasteiger partial charge in [0, 0.05) is 6.42 Å². The van der Waals surface area contributed by atoms with Gasteiger partial charge in [0.1, 0.15) is 5.52 Å². The van der Waals surface area contributed by atoms with Crippen LogP contribution in [0.4, 0.5) is 0 Å².